The van der Waals surface area contributed by atoms with Crippen LogP contribution >= 0.6 is 0 Å². The number of carboxylic acids is 2. The maximum Gasteiger partial charge on any atom is 0.340 e. The molecule has 1 aromatic carbocycles. The van der Waals surface area contributed by atoms with Crippen LogP contribution in [0.1, 0.15) is 25.5 Å². The number of benzene rings is 1. The van der Waals surface area contributed by atoms with Crippen LogP contribution in [0.3, 0.4) is 0 Å². The molecule has 2 atom stereocenters. The third-order valence-electron chi connectivity index (χ3n) is 4.01. The molecule has 0 aliphatic heterocycles. The maximum atomic E-state index is 11.5. The number of nitrogens with one attached hydrogen (secondary N) is 3. The first-order valence-electron chi connectivity index (χ1n) is 8.41. The highest BCUT2D eigenvalue weighted by Crippen LogP contribution is 2.24. The van der Waals surface area contributed by atoms with Crippen LogP contribution in [0.2, 0.25) is 0 Å². The third kappa shape index (κ3) is 4.93. The number of aromatic nitrogens is 1. The van der Waals surface area contributed by atoms with Gasteiger partial charge in [0.2, 0.25) is 5.82 Å². The number of pyridine rings is 1. The summed E-state index contributed by atoms with van der Waals surface area (Å²) < 4.78 is 0. The average Bonchev–Trinajstić information content (AvgIpc) is 2.64. The fourth-order valence-corrected chi connectivity index (χ4v) is 2.56. The van der Waals surface area contributed by atoms with Crippen LogP contribution in [0, 0.1) is 16.0 Å². The highest BCUT2D eigenvalue weighted by Gasteiger charge is 2.27. The molecule has 0 radical (unpaired) electrons. The smallest absolute Gasteiger partial charge is 0.340 e. The van der Waals surface area contributed by atoms with E-state index in [0.717, 1.165) is 6.07 Å². The summed E-state index contributed by atoms with van der Waals surface area (Å²) in [5.74, 6) is -3.32. The summed E-state index contributed by atoms with van der Waals surface area (Å²) in [6.45, 7) is 3.23. The second kappa shape index (κ2) is 8.80. The van der Waals surface area contributed by atoms with Gasteiger partial charge in [-0.15, -0.1) is 0 Å². The van der Waals surface area contributed by atoms with Gasteiger partial charge in [-0.05, 0) is 11.5 Å². The summed E-state index contributed by atoms with van der Waals surface area (Å²) >= 11 is 0. The number of nitrogens with zero attached hydrogens (tertiary/aromatic N) is 1. The first kappa shape index (κ1) is 20.6. The van der Waals surface area contributed by atoms with Crippen molar-refractivity contribution in [3.8, 4) is 0 Å². The first-order valence-corrected chi connectivity index (χ1v) is 8.41. The van der Waals surface area contributed by atoms with Crippen LogP contribution < -0.4 is 25.8 Å². The maximum absolute atomic E-state index is 11.5. The van der Waals surface area contributed by atoms with Crippen molar-refractivity contribution in [3.63, 3.8) is 0 Å². The number of hydrogen-bond donors (Lipinski definition) is 2. The van der Waals surface area contributed by atoms with Crippen LogP contribution in [-0.4, -0.2) is 22.9 Å². The molecule has 148 valence electrons. The molecule has 10 nitrogen and oxygen atoms in total. The average molecular weight is 387 g/mol. The number of aromatic amines is 1. The van der Waals surface area contributed by atoms with Crippen molar-refractivity contribution in [2.45, 2.75) is 25.9 Å². The van der Waals surface area contributed by atoms with Gasteiger partial charge >= 0.3 is 5.69 Å². The van der Waals surface area contributed by atoms with Gasteiger partial charge in [0.15, 0.2) is 0 Å². The lowest BCUT2D eigenvalue weighted by Gasteiger charge is -2.21. The summed E-state index contributed by atoms with van der Waals surface area (Å²) in [4.78, 5) is 36.0. The van der Waals surface area contributed by atoms with E-state index in [1.54, 1.807) is 44.2 Å². The van der Waals surface area contributed by atoms with Crippen LogP contribution in [0.15, 0.2) is 42.5 Å². The zero-order valence-electron chi connectivity index (χ0n) is 15.2. The molecule has 10 heteroatoms. The van der Waals surface area contributed by atoms with E-state index in [1.807, 2.05) is 0 Å². The van der Waals surface area contributed by atoms with Gasteiger partial charge in [-0.3, -0.25) is 20.7 Å². The van der Waals surface area contributed by atoms with E-state index < -0.39 is 40.6 Å². The van der Waals surface area contributed by atoms with Crippen molar-refractivity contribution < 1.29 is 29.7 Å². The molecule has 0 amide bonds. The quantitative estimate of drug-likeness (QED) is 0.430. The van der Waals surface area contributed by atoms with Crippen molar-refractivity contribution in [2.24, 2.45) is 5.92 Å². The van der Waals surface area contributed by atoms with E-state index in [0.29, 0.717) is 5.56 Å². The Bertz CT molecular complexity index is 872. The zero-order chi connectivity index (χ0) is 20.8. The lowest BCUT2D eigenvalue weighted by atomic mass is 10.0. The van der Waals surface area contributed by atoms with Crippen LogP contribution in [0.4, 0.5) is 17.3 Å². The molecule has 0 saturated carbocycles. The Morgan fingerprint density at radius 2 is 1.64 bits per heavy atom. The van der Waals surface area contributed by atoms with E-state index in [-0.39, 0.29) is 11.6 Å². The van der Waals surface area contributed by atoms with Gasteiger partial charge in [-0.2, -0.15) is 0 Å². The molecule has 0 bridgehead atoms. The second-order valence-corrected chi connectivity index (χ2v) is 6.38. The van der Waals surface area contributed by atoms with Gasteiger partial charge in [0, 0.05) is 12.1 Å². The van der Waals surface area contributed by atoms with E-state index in [9.17, 15) is 29.9 Å². The zero-order valence-corrected chi connectivity index (χ0v) is 15.2. The minimum Gasteiger partial charge on any atom is -0.546 e. The summed E-state index contributed by atoms with van der Waals surface area (Å²) in [6.07, 6.45) is 0. The van der Waals surface area contributed by atoms with Gasteiger partial charge in [0.1, 0.15) is 12.1 Å². The van der Waals surface area contributed by atoms with Gasteiger partial charge in [0.25, 0.3) is 5.82 Å². The van der Waals surface area contributed by atoms with Gasteiger partial charge < -0.3 is 19.8 Å². The van der Waals surface area contributed by atoms with Crippen molar-refractivity contribution in [1.82, 2.24) is 0 Å². The van der Waals surface area contributed by atoms with Crippen molar-refractivity contribution in [1.29, 1.82) is 0 Å². The molecular weight excluding hydrogens is 368 g/mol. The topological polar surface area (TPSA) is 162 Å². The summed E-state index contributed by atoms with van der Waals surface area (Å²) in [7, 11) is 0. The van der Waals surface area contributed by atoms with E-state index in [4.69, 9.17) is 0 Å². The number of rotatable bonds is 9. The number of nitro groups is 1. The van der Waals surface area contributed by atoms with E-state index >= 15 is 0 Å². The molecule has 3 N–H and O–H groups in total. The highest BCUT2D eigenvalue weighted by molar-refractivity contribution is 5.77. The minimum atomic E-state index is -1.42. The number of H-pyrrole nitrogens is 1. The Labute approximate surface area is 160 Å². The molecule has 0 fully saturated rings. The van der Waals surface area contributed by atoms with Gasteiger partial charge in [0.05, 0.1) is 16.9 Å². The molecule has 0 aliphatic rings. The molecule has 0 spiro atoms. The number of aliphatic carboxylic acids is 2. The minimum absolute atomic E-state index is 0.118. The SMILES string of the molecule is CC(C)[C@H](Nc1[nH+]c(N[C@@H](C(=O)[O-])c2ccccc2)ccc1[N+](=O)[O-])C(=O)[O-]. The van der Waals surface area contributed by atoms with Crippen LogP contribution in [0.5, 0.6) is 0 Å². The molecule has 0 unspecified atom stereocenters. The van der Waals surface area contributed by atoms with Crippen molar-refractivity contribution >= 4 is 29.3 Å². The van der Waals surface area contributed by atoms with Crippen molar-refractivity contribution in [2.75, 3.05) is 10.6 Å². The molecule has 0 aliphatic carbocycles. The molecule has 0 saturated heterocycles. The Morgan fingerprint density at radius 1 is 1.00 bits per heavy atom. The Hall–Kier alpha value is -3.69. The summed E-state index contributed by atoms with van der Waals surface area (Å²) in [5, 5.41) is 39.3. The standard InChI is InChI=1S/C18H20N4O6/c1-10(2)14(17(23)24)21-16-12(22(27)28)8-9-13(20-16)19-15(18(25)26)11-6-4-3-5-7-11/h3-10,14-15H,1-2H3,(H,23,24)(H,25,26)(H2,19,20,21)/p-1/t14-,15+/m0/s1. The number of carbonyl (C=O) groups excluding carboxylic acids is 2. The number of carboxylic acid groups (broad SMARTS) is 2. The predicted molar refractivity (Wildman–Crippen MR) is 94.7 cm³/mol. The normalized spacial score (nSPS) is 12.8. The number of carbonyl (C=O) groups is 2. The molecule has 28 heavy (non-hydrogen) atoms. The molecule has 1 aromatic heterocycles. The molecular formula is C18H19N4O6-. The molecule has 1 heterocycles. The monoisotopic (exact) mass is 387 g/mol. The number of anilines is 2. The van der Waals surface area contributed by atoms with Gasteiger partial charge in [-0.25, -0.2) is 4.98 Å². The Morgan fingerprint density at radius 3 is 2.14 bits per heavy atom. The van der Waals surface area contributed by atoms with Gasteiger partial charge in [-0.1, -0.05) is 44.2 Å². The van der Waals surface area contributed by atoms with E-state index in [2.05, 4.69) is 15.6 Å². The summed E-state index contributed by atoms with van der Waals surface area (Å²) in [5.41, 5.74) is 0.0146. The van der Waals surface area contributed by atoms with Crippen LogP contribution in [-0.2, 0) is 9.59 Å². The Balaban J connectivity index is 2.39. The molecule has 2 aromatic rings. The predicted octanol–water partition coefficient (Wildman–Crippen LogP) is -0.502. The lowest BCUT2D eigenvalue weighted by molar-refractivity contribution is -0.405. The summed E-state index contributed by atoms with van der Waals surface area (Å²) in [6, 6.07) is 8.20. The Kier molecular flexibility index (Phi) is 6.48. The largest absolute Gasteiger partial charge is 0.546 e. The lowest BCUT2D eigenvalue weighted by Crippen LogP contribution is -2.45. The van der Waals surface area contributed by atoms with E-state index in [1.165, 1.54) is 6.07 Å². The van der Waals surface area contributed by atoms with Crippen LogP contribution in [0.25, 0.3) is 0 Å². The second-order valence-electron chi connectivity index (χ2n) is 6.38. The fourth-order valence-electron chi connectivity index (χ4n) is 2.56. The third-order valence-corrected chi connectivity index (χ3v) is 4.01. The van der Waals surface area contributed by atoms with Crippen molar-refractivity contribution in [3.05, 3.63) is 58.1 Å². The first-order chi connectivity index (χ1) is 13.2. The fraction of sp³-hybridized carbons (Fsp3) is 0.278. The molecule has 2 rings (SSSR count). The number of hydrogen-bond acceptors (Lipinski definition) is 8. The highest BCUT2D eigenvalue weighted by atomic mass is 16.6.